The maximum absolute atomic E-state index is 11.1. The standard InChI is InChI=1S/C5H3IN4O2/c6-10-1-7-2-3(10)5(12)9-8-4(2)11/h1H,(H,8,11)(H,9,12). The minimum atomic E-state index is -0.389. The van der Waals surface area contributed by atoms with Crippen LogP contribution in [0.2, 0.25) is 0 Å². The highest BCUT2D eigenvalue weighted by atomic mass is 127. The number of aromatic nitrogens is 4. The minimum absolute atomic E-state index is 0.160. The molecule has 6 nitrogen and oxygen atoms in total. The highest BCUT2D eigenvalue weighted by Crippen LogP contribution is 2.04. The summed E-state index contributed by atoms with van der Waals surface area (Å²) in [5, 5.41) is 4.39. The van der Waals surface area contributed by atoms with Crippen LogP contribution in [0.15, 0.2) is 15.9 Å². The predicted octanol–water partition coefficient (Wildman–Crippen LogP) is -0.389. The van der Waals surface area contributed by atoms with Gasteiger partial charge in [-0.1, -0.05) is 0 Å². The molecule has 0 amide bonds. The van der Waals surface area contributed by atoms with E-state index in [2.05, 4.69) is 15.2 Å². The van der Waals surface area contributed by atoms with Crippen molar-refractivity contribution in [2.75, 3.05) is 0 Å². The van der Waals surface area contributed by atoms with E-state index in [-0.39, 0.29) is 22.2 Å². The van der Waals surface area contributed by atoms with Crippen molar-refractivity contribution in [3.63, 3.8) is 0 Å². The summed E-state index contributed by atoms with van der Waals surface area (Å²) in [5.74, 6) is 0. The van der Waals surface area contributed by atoms with Crippen molar-refractivity contribution in [3.05, 3.63) is 27.0 Å². The molecule has 62 valence electrons. The number of halogens is 1. The molecular formula is C5H3IN4O2. The summed E-state index contributed by atoms with van der Waals surface area (Å²) in [6.45, 7) is 0. The van der Waals surface area contributed by atoms with E-state index in [1.807, 2.05) is 22.9 Å². The van der Waals surface area contributed by atoms with Gasteiger partial charge in [0, 0.05) is 0 Å². The predicted molar refractivity (Wildman–Crippen MR) is 50.4 cm³/mol. The summed E-state index contributed by atoms with van der Waals surface area (Å²) in [6.07, 6.45) is 1.41. The molecule has 0 aliphatic carbocycles. The van der Waals surface area contributed by atoms with Crippen LogP contribution in [0.5, 0.6) is 0 Å². The number of nitrogens with zero attached hydrogens (tertiary/aromatic N) is 2. The lowest BCUT2D eigenvalue weighted by molar-refractivity contribution is 0.970. The maximum Gasteiger partial charge on any atom is 0.290 e. The van der Waals surface area contributed by atoms with Crippen LogP contribution in [0.25, 0.3) is 11.0 Å². The third-order valence-corrected chi connectivity index (χ3v) is 2.18. The SMILES string of the molecule is O=c1[nH][nH]c(=O)c2c1ncn2I. The van der Waals surface area contributed by atoms with E-state index < -0.39 is 0 Å². The van der Waals surface area contributed by atoms with Gasteiger partial charge < -0.3 is 0 Å². The number of nitrogens with one attached hydrogen (secondary N) is 2. The van der Waals surface area contributed by atoms with E-state index in [9.17, 15) is 9.59 Å². The van der Waals surface area contributed by atoms with Crippen molar-refractivity contribution in [1.29, 1.82) is 0 Å². The molecule has 2 aromatic heterocycles. The summed E-state index contributed by atoms with van der Waals surface area (Å²) in [5.41, 5.74) is -0.302. The maximum atomic E-state index is 11.1. The van der Waals surface area contributed by atoms with Crippen LogP contribution in [0.1, 0.15) is 0 Å². The summed E-state index contributed by atoms with van der Waals surface area (Å²) < 4.78 is 1.47. The van der Waals surface area contributed by atoms with E-state index in [1.54, 1.807) is 0 Å². The quantitative estimate of drug-likeness (QED) is 0.644. The van der Waals surface area contributed by atoms with Crippen LogP contribution in [0, 0.1) is 0 Å². The molecule has 0 atom stereocenters. The van der Waals surface area contributed by atoms with Gasteiger partial charge in [-0.3, -0.25) is 22.6 Å². The van der Waals surface area contributed by atoms with Crippen LogP contribution >= 0.6 is 22.9 Å². The molecule has 0 radical (unpaired) electrons. The Kier molecular flexibility index (Phi) is 1.53. The normalized spacial score (nSPS) is 10.8. The number of hydrogen-bond donors (Lipinski definition) is 2. The Morgan fingerprint density at radius 1 is 1.33 bits per heavy atom. The van der Waals surface area contributed by atoms with Gasteiger partial charge in [0.05, 0.1) is 22.9 Å². The van der Waals surface area contributed by atoms with Crippen LogP contribution in [-0.4, -0.2) is 18.0 Å². The Hall–Kier alpha value is -1.12. The van der Waals surface area contributed by atoms with Gasteiger partial charge in [0.15, 0.2) is 11.0 Å². The molecule has 0 aromatic carbocycles. The zero-order chi connectivity index (χ0) is 8.72. The Balaban J connectivity index is 3.20. The second-order valence-corrected chi connectivity index (χ2v) is 3.20. The smallest absolute Gasteiger partial charge is 0.266 e. The fraction of sp³-hybridized carbons (Fsp3) is 0. The van der Waals surface area contributed by atoms with Gasteiger partial charge in [0.1, 0.15) is 6.33 Å². The van der Waals surface area contributed by atoms with Crippen LogP contribution in [0.4, 0.5) is 0 Å². The van der Waals surface area contributed by atoms with Gasteiger partial charge in [-0.2, -0.15) is 0 Å². The van der Waals surface area contributed by atoms with Crippen LogP contribution in [0.3, 0.4) is 0 Å². The molecule has 0 aliphatic rings. The molecule has 2 rings (SSSR count). The lowest BCUT2D eigenvalue weighted by Crippen LogP contribution is -2.19. The summed E-state index contributed by atoms with van der Waals surface area (Å²) >= 11 is 1.88. The Bertz CT molecular complexity index is 536. The van der Waals surface area contributed by atoms with Crippen molar-refractivity contribution in [3.8, 4) is 0 Å². The van der Waals surface area contributed by atoms with E-state index in [1.165, 1.54) is 9.11 Å². The molecule has 0 saturated heterocycles. The zero-order valence-electron chi connectivity index (χ0n) is 5.67. The monoisotopic (exact) mass is 278 g/mol. The summed E-state index contributed by atoms with van der Waals surface area (Å²) in [6, 6.07) is 0. The minimum Gasteiger partial charge on any atom is -0.266 e. The van der Waals surface area contributed by atoms with Crippen LogP contribution < -0.4 is 11.1 Å². The second-order valence-electron chi connectivity index (χ2n) is 2.16. The fourth-order valence-corrected chi connectivity index (χ4v) is 1.50. The Morgan fingerprint density at radius 3 is 2.67 bits per heavy atom. The molecule has 2 N–H and O–H groups in total. The van der Waals surface area contributed by atoms with E-state index in [4.69, 9.17) is 0 Å². The first-order valence-electron chi connectivity index (χ1n) is 3.04. The lowest BCUT2D eigenvalue weighted by Gasteiger charge is -1.87. The molecule has 2 heterocycles. The van der Waals surface area contributed by atoms with E-state index >= 15 is 0 Å². The van der Waals surface area contributed by atoms with E-state index in [0.29, 0.717) is 0 Å². The Morgan fingerprint density at radius 2 is 2.00 bits per heavy atom. The largest absolute Gasteiger partial charge is 0.290 e. The molecule has 12 heavy (non-hydrogen) atoms. The first-order valence-corrected chi connectivity index (χ1v) is 4.01. The molecular weight excluding hydrogens is 275 g/mol. The first-order chi connectivity index (χ1) is 5.70. The number of hydrogen-bond acceptors (Lipinski definition) is 3. The molecule has 7 heteroatoms. The number of aromatic amines is 2. The average molecular weight is 278 g/mol. The lowest BCUT2D eigenvalue weighted by atomic mass is 10.5. The van der Waals surface area contributed by atoms with Crippen molar-refractivity contribution in [2.45, 2.75) is 0 Å². The van der Waals surface area contributed by atoms with E-state index in [0.717, 1.165) is 0 Å². The van der Waals surface area contributed by atoms with Gasteiger partial charge in [0.2, 0.25) is 0 Å². The average Bonchev–Trinajstić information content (AvgIpc) is 2.42. The molecule has 0 fully saturated rings. The number of imidazole rings is 1. The number of rotatable bonds is 0. The molecule has 0 bridgehead atoms. The van der Waals surface area contributed by atoms with Gasteiger partial charge in [0.25, 0.3) is 11.1 Å². The highest BCUT2D eigenvalue weighted by molar-refractivity contribution is 14.1. The van der Waals surface area contributed by atoms with Crippen LogP contribution in [-0.2, 0) is 0 Å². The fourth-order valence-electron chi connectivity index (χ4n) is 0.931. The molecule has 0 aliphatic heterocycles. The topological polar surface area (TPSA) is 83.5 Å². The van der Waals surface area contributed by atoms with Crippen molar-refractivity contribution in [1.82, 2.24) is 18.0 Å². The first kappa shape index (κ1) is 7.53. The second kappa shape index (κ2) is 2.44. The molecule has 0 spiro atoms. The Labute approximate surface area is 79.1 Å². The third kappa shape index (κ3) is 0.891. The van der Waals surface area contributed by atoms with Gasteiger partial charge in [-0.05, 0) is 0 Å². The molecule has 0 saturated carbocycles. The molecule has 0 unspecified atom stereocenters. The number of H-pyrrole nitrogens is 2. The van der Waals surface area contributed by atoms with Crippen molar-refractivity contribution in [2.24, 2.45) is 0 Å². The zero-order valence-corrected chi connectivity index (χ0v) is 7.82. The van der Waals surface area contributed by atoms with Gasteiger partial charge in [-0.25, -0.2) is 4.98 Å². The molecule has 2 aromatic rings. The van der Waals surface area contributed by atoms with Gasteiger partial charge >= 0.3 is 0 Å². The highest BCUT2D eigenvalue weighted by Gasteiger charge is 2.07. The number of fused-ring (bicyclic) bond motifs is 1. The van der Waals surface area contributed by atoms with Gasteiger partial charge in [-0.15, -0.1) is 0 Å². The summed E-state index contributed by atoms with van der Waals surface area (Å²) in [7, 11) is 0. The van der Waals surface area contributed by atoms with Crippen molar-refractivity contribution < 1.29 is 0 Å². The third-order valence-electron chi connectivity index (χ3n) is 1.45. The van der Waals surface area contributed by atoms with Crippen molar-refractivity contribution >= 4 is 33.9 Å². The summed E-state index contributed by atoms with van der Waals surface area (Å²) in [4.78, 5) is 25.9.